The highest BCUT2D eigenvalue weighted by Crippen LogP contribution is 2.39. The summed E-state index contributed by atoms with van der Waals surface area (Å²) in [6.45, 7) is 0. The fourth-order valence-corrected chi connectivity index (χ4v) is 4.65. The minimum atomic E-state index is -0.436. The Morgan fingerprint density at radius 1 is 1.18 bits per heavy atom. The number of carbonyl (C=O) groups excluding carboxylic acids is 1. The highest BCUT2D eigenvalue weighted by Gasteiger charge is 2.26. The first-order valence-electron chi connectivity index (χ1n) is 8.98. The van der Waals surface area contributed by atoms with E-state index in [0.717, 1.165) is 15.0 Å². The number of carbonyl (C=O) groups is 1. The van der Waals surface area contributed by atoms with Crippen LogP contribution in [0.15, 0.2) is 58.9 Å². The molecule has 1 fully saturated rings. The SMILES string of the molecule is COc1cccc(NC(=O)[C@@H](Sc2nnc(NC3CC3)s2)c2ccccc2)c1. The molecule has 4 rings (SSSR count). The van der Waals surface area contributed by atoms with Crippen LogP contribution in [-0.2, 0) is 4.79 Å². The first kappa shape index (κ1) is 18.8. The molecular weight excluding hydrogens is 392 g/mol. The summed E-state index contributed by atoms with van der Waals surface area (Å²) in [5, 5.41) is 15.2. The van der Waals surface area contributed by atoms with E-state index in [0.29, 0.717) is 17.5 Å². The van der Waals surface area contributed by atoms with E-state index >= 15 is 0 Å². The summed E-state index contributed by atoms with van der Waals surface area (Å²) in [6.07, 6.45) is 2.36. The van der Waals surface area contributed by atoms with Gasteiger partial charge < -0.3 is 15.4 Å². The Morgan fingerprint density at radius 3 is 2.75 bits per heavy atom. The zero-order chi connectivity index (χ0) is 19.3. The second-order valence-electron chi connectivity index (χ2n) is 6.42. The summed E-state index contributed by atoms with van der Waals surface area (Å²) in [5.74, 6) is 0.581. The van der Waals surface area contributed by atoms with Crippen molar-refractivity contribution in [3.05, 3.63) is 60.2 Å². The van der Waals surface area contributed by atoms with E-state index in [9.17, 15) is 4.79 Å². The molecule has 0 saturated heterocycles. The molecule has 1 aliphatic carbocycles. The number of nitrogens with one attached hydrogen (secondary N) is 2. The summed E-state index contributed by atoms with van der Waals surface area (Å²) >= 11 is 2.89. The number of thioether (sulfide) groups is 1. The fraction of sp³-hybridized carbons (Fsp3) is 0.250. The van der Waals surface area contributed by atoms with Gasteiger partial charge in [0.1, 0.15) is 11.0 Å². The molecule has 1 aromatic heterocycles. The molecule has 0 radical (unpaired) electrons. The Labute approximate surface area is 171 Å². The molecule has 1 amide bonds. The van der Waals surface area contributed by atoms with Gasteiger partial charge in [-0.05, 0) is 30.5 Å². The predicted octanol–water partition coefficient (Wildman–Crippen LogP) is 4.59. The third-order valence-corrected chi connectivity index (χ3v) is 6.40. The Bertz CT molecular complexity index is 944. The molecule has 1 heterocycles. The minimum Gasteiger partial charge on any atom is -0.497 e. The molecule has 1 aliphatic rings. The van der Waals surface area contributed by atoms with E-state index in [1.165, 1.54) is 35.9 Å². The molecule has 3 aromatic rings. The number of rotatable bonds is 8. The second-order valence-corrected chi connectivity index (χ2v) is 8.75. The van der Waals surface area contributed by atoms with E-state index in [1.54, 1.807) is 13.2 Å². The van der Waals surface area contributed by atoms with Crippen LogP contribution in [0.1, 0.15) is 23.7 Å². The van der Waals surface area contributed by atoms with Gasteiger partial charge in [-0.2, -0.15) is 0 Å². The molecule has 2 N–H and O–H groups in total. The number of amides is 1. The van der Waals surface area contributed by atoms with Crippen LogP contribution in [0.25, 0.3) is 0 Å². The van der Waals surface area contributed by atoms with Gasteiger partial charge in [0.15, 0.2) is 4.34 Å². The van der Waals surface area contributed by atoms with Crippen LogP contribution >= 0.6 is 23.1 Å². The maximum absolute atomic E-state index is 13.1. The highest BCUT2D eigenvalue weighted by molar-refractivity contribution is 8.02. The molecule has 1 saturated carbocycles. The third-order valence-electron chi connectivity index (χ3n) is 4.21. The first-order chi connectivity index (χ1) is 13.7. The lowest BCUT2D eigenvalue weighted by molar-refractivity contribution is -0.115. The molecule has 6 nitrogen and oxygen atoms in total. The standard InChI is InChI=1S/C20H20N4O2S2/c1-26-16-9-5-8-15(12-16)21-18(25)17(13-6-3-2-4-7-13)27-20-24-23-19(28-20)22-14-10-11-14/h2-9,12,14,17H,10-11H2,1H3,(H,21,25)(H,22,23)/t17-/m0/s1. The van der Waals surface area contributed by atoms with E-state index in [4.69, 9.17) is 4.74 Å². The van der Waals surface area contributed by atoms with Gasteiger partial charge in [0, 0.05) is 17.8 Å². The van der Waals surface area contributed by atoms with Crippen LogP contribution in [0, 0.1) is 0 Å². The highest BCUT2D eigenvalue weighted by atomic mass is 32.2. The van der Waals surface area contributed by atoms with Crippen LogP contribution in [0.3, 0.4) is 0 Å². The maximum atomic E-state index is 13.1. The summed E-state index contributed by atoms with van der Waals surface area (Å²) in [7, 11) is 1.60. The Hall–Kier alpha value is -2.58. The van der Waals surface area contributed by atoms with Crippen molar-refractivity contribution in [3.8, 4) is 5.75 Å². The first-order valence-corrected chi connectivity index (χ1v) is 10.7. The number of ether oxygens (including phenoxy) is 1. The summed E-state index contributed by atoms with van der Waals surface area (Å²) in [6, 6.07) is 17.6. The maximum Gasteiger partial charge on any atom is 0.242 e. The predicted molar refractivity (Wildman–Crippen MR) is 113 cm³/mol. The molecular formula is C20H20N4O2S2. The lowest BCUT2D eigenvalue weighted by atomic mass is 10.1. The van der Waals surface area contributed by atoms with Gasteiger partial charge in [0.05, 0.1) is 7.11 Å². The number of benzene rings is 2. The van der Waals surface area contributed by atoms with Crippen LogP contribution in [0.5, 0.6) is 5.75 Å². The number of nitrogens with zero attached hydrogens (tertiary/aromatic N) is 2. The molecule has 144 valence electrons. The number of hydrogen-bond donors (Lipinski definition) is 2. The minimum absolute atomic E-state index is 0.114. The van der Waals surface area contributed by atoms with Gasteiger partial charge in [-0.25, -0.2) is 0 Å². The normalized spacial score (nSPS) is 14.3. The number of hydrogen-bond acceptors (Lipinski definition) is 7. The van der Waals surface area contributed by atoms with Crippen LogP contribution < -0.4 is 15.4 Å². The summed E-state index contributed by atoms with van der Waals surface area (Å²) < 4.78 is 6.00. The van der Waals surface area contributed by atoms with Gasteiger partial charge in [-0.1, -0.05) is 59.5 Å². The van der Waals surface area contributed by atoms with Crippen molar-refractivity contribution in [1.29, 1.82) is 0 Å². The van der Waals surface area contributed by atoms with Crippen LogP contribution in [-0.4, -0.2) is 29.3 Å². The Balaban J connectivity index is 1.52. The summed E-state index contributed by atoms with van der Waals surface area (Å²) in [4.78, 5) is 13.1. The van der Waals surface area contributed by atoms with Gasteiger partial charge in [0.25, 0.3) is 0 Å². The Morgan fingerprint density at radius 2 is 2.00 bits per heavy atom. The smallest absolute Gasteiger partial charge is 0.242 e. The number of anilines is 2. The largest absolute Gasteiger partial charge is 0.497 e. The number of methoxy groups -OCH3 is 1. The number of aromatic nitrogens is 2. The summed E-state index contributed by atoms with van der Waals surface area (Å²) in [5.41, 5.74) is 1.61. The topological polar surface area (TPSA) is 76.1 Å². The van der Waals surface area contributed by atoms with Gasteiger partial charge >= 0.3 is 0 Å². The van der Waals surface area contributed by atoms with E-state index < -0.39 is 5.25 Å². The van der Waals surface area contributed by atoms with Crippen molar-refractivity contribution in [1.82, 2.24) is 10.2 Å². The van der Waals surface area contributed by atoms with Crippen LogP contribution in [0.4, 0.5) is 10.8 Å². The molecule has 28 heavy (non-hydrogen) atoms. The van der Waals surface area contributed by atoms with E-state index in [1.807, 2.05) is 48.5 Å². The lowest BCUT2D eigenvalue weighted by Crippen LogP contribution is -2.19. The van der Waals surface area contributed by atoms with Gasteiger partial charge in [0.2, 0.25) is 11.0 Å². The molecule has 0 bridgehead atoms. The molecule has 0 aliphatic heterocycles. The third kappa shape index (κ3) is 4.82. The van der Waals surface area contributed by atoms with Crippen LogP contribution in [0.2, 0.25) is 0 Å². The molecule has 0 unspecified atom stereocenters. The molecule has 0 spiro atoms. The zero-order valence-corrected chi connectivity index (χ0v) is 16.9. The molecule has 2 aromatic carbocycles. The van der Waals surface area contributed by atoms with Gasteiger partial charge in [-0.15, -0.1) is 10.2 Å². The van der Waals surface area contributed by atoms with Crippen molar-refractivity contribution in [2.24, 2.45) is 0 Å². The van der Waals surface area contributed by atoms with Gasteiger partial charge in [-0.3, -0.25) is 4.79 Å². The van der Waals surface area contributed by atoms with Crippen molar-refractivity contribution in [2.45, 2.75) is 28.5 Å². The van der Waals surface area contributed by atoms with Crippen molar-refractivity contribution in [2.75, 3.05) is 17.7 Å². The molecule has 8 heteroatoms. The Kier molecular flexibility index (Phi) is 5.78. The molecule has 1 atom stereocenters. The monoisotopic (exact) mass is 412 g/mol. The average Bonchev–Trinajstić information content (AvgIpc) is 3.43. The average molecular weight is 413 g/mol. The van der Waals surface area contributed by atoms with Crippen molar-refractivity contribution >= 4 is 39.8 Å². The van der Waals surface area contributed by atoms with E-state index in [-0.39, 0.29) is 5.91 Å². The zero-order valence-electron chi connectivity index (χ0n) is 15.3. The quantitative estimate of drug-likeness (QED) is 0.527. The lowest BCUT2D eigenvalue weighted by Gasteiger charge is -2.16. The van der Waals surface area contributed by atoms with E-state index in [2.05, 4.69) is 20.8 Å². The second kappa shape index (κ2) is 8.62. The van der Waals surface area contributed by atoms with Crippen molar-refractivity contribution < 1.29 is 9.53 Å². The van der Waals surface area contributed by atoms with Crippen molar-refractivity contribution in [3.63, 3.8) is 0 Å². The fourth-order valence-electron chi connectivity index (χ4n) is 2.63.